The van der Waals surface area contributed by atoms with E-state index in [1.54, 1.807) is 41.6 Å². The molecule has 1 aromatic heterocycles. The molecule has 0 unspecified atom stereocenters. The van der Waals surface area contributed by atoms with Crippen molar-refractivity contribution < 1.29 is 18.0 Å². The van der Waals surface area contributed by atoms with Gasteiger partial charge < -0.3 is 20.4 Å². The Balaban J connectivity index is 1.52. The first-order chi connectivity index (χ1) is 19.8. The number of nitrogens with one attached hydrogen (secondary N) is 2. The van der Waals surface area contributed by atoms with Crippen LogP contribution in [0, 0.1) is 0 Å². The lowest BCUT2D eigenvalue weighted by molar-refractivity contribution is -0.123. The summed E-state index contributed by atoms with van der Waals surface area (Å²) >= 11 is 0. The third-order valence-electron chi connectivity index (χ3n) is 7.04. The summed E-state index contributed by atoms with van der Waals surface area (Å²) in [4.78, 5) is 35.0. The van der Waals surface area contributed by atoms with Gasteiger partial charge in [0.05, 0.1) is 4.90 Å². The Kier molecular flexibility index (Phi) is 10.6. The van der Waals surface area contributed by atoms with Crippen LogP contribution < -0.4 is 10.6 Å². The fourth-order valence-corrected chi connectivity index (χ4v) is 5.66. The number of amides is 3. The molecule has 2 heterocycles. The quantitative estimate of drug-likeness (QED) is 0.364. The van der Waals surface area contributed by atoms with Gasteiger partial charge in [-0.1, -0.05) is 60.7 Å². The van der Waals surface area contributed by atoms with E-state index in [1.807, 2.05) is 43.4 Å². The van der Waals surface area contributed by atoms with E-state index < -0.39 is 27.8 Å². The van der Waals surface area contributed by atoms with Crippen LogP contribution in [0.15, 0.2) is 102 Å². The number of hydrogen-bond donors (Lipinski definition) is 2. The zero-order valence-electron chi connectivity index (χ0n) is 23.2. The maximum absolute atomic E-state index is 13.7. The first kappa shape index (κ1) is 30.0. The van der Waals surface area contributed by atoms with Crippen LogP contribution in [0.1, 0.15) is 17.5 Å². The minimum absolute atomic E-state index is 0.179. The van der Waals surface area contributed by atoms with E-state index in [4.69, 9.17) is 0 Å². The van der Waals surface area contributed by atoms with Crippen LogP contribution in [0.25, 0.3) is 0 Å². The number of likely N-dealkylation sites (N-methyl/N-ethyl adjacent to an activating group) is 1. The minimum atomic E-state index is -3.70. The Morgan fingerprint density at radius 1 is 0.902 bits per heavy atom. The molecule has 10 heteroatoms. The number of benzene rings is 2. The minimum Gasteiger partial charge on any atom is -0.348 e. The summed E-state index contributed by atoms with van der Waals surface area (Å²) < 4.78 is 25.9. The lowest BCUT2D eigenvalue weighted by Gasteiger charge is -2.33. The van der Waals surface area contributed by atoms with Gasteiger partial charge >= 0.3 is 6.03 Å². The van der Waals surface area contributed by atoms with Gasteiger partial charge in [0.15, 0.2) is 9.84 Å². The average Bonchev–Trinajstić information content (AvgIpc) is 3.00. The normalized spacial score (nSPS) is 15.8. The molecule has 1 fully saturated rings. The largest absolute Gasteiger partial charge is 0.348 e. The van der Waals surface area contributed by atoms with E-state index in [2.05, 4.69) is 20.5 Å². The monoisotopic (exact) mass is 575 g/mol. The number of aromatic nitrogens is 1. The van der Waals surface area contributed by atoms with Gasteiger partial charge in [0.1, 0.15) is 6.04 Å². The number of nitrogens with zero attached hydrogens (tertiary/aromatic N) is 3. The number of rotatable bonds is 11. The van der Waals surface area contributed by atoms with Gasteiger partial charge in [0.25, 0.3) is 0 Å². The third-order valence-corrected chi connectivity index (χ3v) is 8.49. The fourth-order valence-electron chi connectivity index (χ4n) is 4.57. The van der Waals surface area contributed by atoms with Gasteiger partial charge in [0, 0.05) is 56.4 Å². The average molecular weight is 576 g/mol. The van der Waals surface area contributed by atoms with E-state index in [-0.39, 0.29) is 17.3 Å². The standard InChI is InChI=1S/C31H37N5O4S/c1-35-18-20-36(21-19-35)31(38)34-29(23-26-11-8-17-32-24-26)30(37)33-27(15-14-25-9-4-2-5-10-25)16-22-41(39,40)28-12-6-3-7-13-28/h2-13,16-17,22,24,27,29H,14-15,18-21,23H2,1H3,(H,33,37)(H,34,38)/b22-16+/t27-,29-/m0/s1. The van der Waals surface area contributed by atoms with E-state index in [9.17, 15) is 18.0 Å². The third kappa shape index (κ3) is 9.26. The predicted molar refractivity (Wildman–Crippen MR) is 159 cm³/mol. The Hall–Kier alpha value is -4.02. The molecule has 0 saturated carbocycles. The van der Waals surface area contributed by atoms with Crippen molar-refractivity contribution in [1.29, 1.82) is 0 Å². The van der Waals surface area contributed by atoms with E-state index in [1.165, 1.54) is 18.2 Å². The number of piperazine rings is 1. The van der Waals surface area contributed by atoms with E-state index in [0.717, 1.165) is 29.6 Å². The molecular weight excluding hydrogens is 538 g/mol. The molecule has 4 rings (SSSR count). The van der Waals surface area contributed by atoms with Crippen molar-refractivity contribution in [3.8, 4) is 0 Å². The van der Waals surface area contributed by atoms with Crippen LogP contribution in [0.2, 0.25) is 0 Å². The molecule has 41 heavy (non-hydrogen) atoms. The summed E-state index contributed by atoms with van der Waals surface area (Å²) in [5, 5.41) is 7.06. The zero-order chi connectivity index (χ0) is 29.1. The van der Waals surface area contributed by atoms with Crippen LogP contribution in [-0.2, 0) is 27.5 Å². The molecular formula is C31H37N5O4S. The second-order valence-corrected chi connectivity index (χ2v) is 12.0. The second-order valence-electron chi connectivity index (χ2n) is 10.2. The number of carbonyl (C=O) groups excluding carboxylic acids is 2. The summed E-state index contributed by atoms with van der Waals surface area (Å²) in [5.41, 5.74) is 1.87. The van der Waals surface area contributed by atoms with Gasteiger partial charge in [-0.05, 0) is 49.2 Å². The van der Waals surface area contributed by atoms with Crippen LogP contribution in [0.5, 0.6) is 0 Å². The van der Waals surface area contributed by atoms with Crippen molar-refractivity contribution in [2.45, 2.75) is 36.2 Å². The highest BCUT2D eigenvalue weighted by Gasteiger charge is 2.27. The number of hydrogen-bond acceptors (Lipinski definition) is 6. The number of carbonyl (C=O) groups is 2. The summed E-state index contributed by atoms with van der Waals surface area (Å²) in [5.74, 6) is -0.392. The predicted octanol–water partition coefficient (Wildman–Crippen LogP) is 3.05. The molecule has 3 aromatic rings. The molecule has 0 aliphatic carbocycles. The first-order valence-corrected chi connectivity index (χ1v) is 15.3. The van der Waals surface area contributed by atoms with E-state index in [0.29, 0.717) is 25.9 Å². The lowest BCUT2D eigenvalue weighted by Crippen LogP contribution is -2.56. The number of urea groups is 1. The smallest absolute Gasteiger partial charge is 0.318 e. The van der Waals surface area contributed by atoms with Crippen LogP contribution in [0.4, 0.5) is 4.79 Å². The Morgan fingerprint density at radius 3 is 2.22 bits per heavy atom. The van der Waals surface area contributed by atoms with Crippen molar-refractivity contribution in [3.05, 3.63) is 108 Å². The maximum Gasteiger partial charge on any atom is 0.318 e. The van der Waals surface area contributed by atoms with Crippen molar-refractivity contribution in [2.75, 3.05) is 33.2 Å². The highest BCUT2D eigenvalue weighted by Crippen LogP contribution is 2.14. The summed E-state index contributed by atoms with van der Waals surface area (Å²) in [6, 6.07) is 19.8. The topological polar surface area (TPSA) is 112 Å². The van der Waals surface area contributed by atoms with Crippen molar-refractivity contribution >= 4 is 21.8 Å². The van der Waals surface area contributed by atoms with Gasteiger partial charge in [-0.2, -0.15) is 0 Å². The second kappa shape index (κ2) is 14.6. The highest BCUT2D eigenvalue weighted by atomic mass is 32.2. The zero-order valence-corrected chi connectivity index (χ0v) is 24.0. The SMILES string of the molecule is CN1CCN(C(=O)N[C@@H](Cc2cccnc2)C(=O)N[C@H](/C=C/S(=O)(=O)c2ccccc2)CCc2ccccc2)CC1. The summed E-state index contributed by atoms with van der Waals surface area (Å²) in [7, 11) is -1.69. The molecule has 0 spiro atoms. The molecule has 0 bridgehead atoms. The van der Waals surface area contributed by atoms with Crippen molar-refractivity contribution in [1.82, 2.24) is 25.4 Å². The molecule has 2 N–H and O–H groups in total. The summed E-state index contributed by atoms with van der Waals surface area (Å²) in [6.07, 6.45) is 6.19. The van der Waals surface area contributed by atoms with Crippen molar-refractivity contribution in [3.63, 3.8) is 0 Å². The van der Waals surface area contributed by atoms with Gasteiger partial charge in [-0.3, -0.25) is 9.78 Å². The number of aryl methyl sites for hydroxylation is 1. The Labute approximate surface area is 242 Å². The van der Waals surface area contributed by atoms with E-state index >= 15 is 0 Å². The van der Waals surface area contributed by atoms with Crippen LogP contribution >= 0.6 is 0 Å². The maximum atomic E-state index is 13.7. The molecule has 3 amide bonds. The highest BCUT2D eigenvalue weighted by molar-refractivity contribution is 7.94. The molecule has 0 radical (unpaired) electrons. The Morgan fingerprint density at radius 2 is 1.56 bits per heavy atom. The molecule has 2 aromatic carbocycles. The molecule has 2 atom stereocenters. The van der Waals surface area contributed by atoms with Gasteiger partial charge in [-0.25, -0.2) is 13.2 Å². The van der Waals surface area contributed by atoms with Crippen LogP contribution in [-0.4, -0.2) is 80.5 Å². The van der Waals surface area contributed by atoms with Gasteiger partial charge in [-0.15, -0.1) is 0 Å². The molecule has 9 nitrogen and oxygen atoms in total. The summed E-state index contributed by atoms with van der Waals surface area (Å²) in [6.45, 7) is 2.66. The molecule has 1 aliphatic heterocycles. The molecule has 1 saturated heterocycles. The molecule has 216 valence electrons. The number of sulfone groups is 1. The number of pyridine rings is 1. The van der Waals surface area contributed by atoms with Gasteiger partial charge in [0.2, 0.25) is 5.91 Å². The Bertz CT molecular complexity index is 1390. The fraction of sp³-hybridized carbons (Fsp3) is 0.323. The molecule has 1 aliphatic rings. The lowest BCUT2D eigenvalue weighted by atomic mass is 10.0. The first-order valence-electron chi connectivity index (χ1n) is 13.8. The van der Waals surface area contributed by atoms with Crippen LogP contribution in [0.3, 0.4) is 0 Å². The van der Waals surface area contributed by atoms with Crippen molar-refractivity contribution in [2.24, 2.45) is 0 Å².